The van der Waals surface area contributed by atoms with Crippen LogP contribution in [0, 0.1) is 5.92 Å². The lowest BCUT2D eigenvalue weighted by Crippen LogP contribution is -2.12. The summed E-state index contributed by atoms with van der Waals surface area (Å²) in [6.45, 7) is 1.69. The molecule has 0 aliphatic rings. The van der Waals surface area contributed by atoms with Crippen molar-refractivity contribution in [1.29, 1.82) is 0 Å². The lowest BCUT2D eigenvalue weighted by Gasteiger charge is -2.08. The van der Waals surface area contributed by atoms with Crippen molar-refractivity contribution in [3.63, 3.8) is 0 Å². The zero-order valence-corrected chi connectivity index (χ0v) is 14.4. The van der Waals surface area contributed by atoms with Crippen LogP contribution in [-0.4, -0.2) is 25.3 Å². The van der Waals surface area contributed by atoms with Crippen LogP contribution in [0.25, 0.3) is 22.3 Å². The number of fused-ring (bicyclic) bond motifs is 1. The smallest absolute Gasteiger partial charge is 0.306 e. The molecule has 0 fully saturated rings. The standard InChI is InChI=1S/C20H20O5/c1-12(20(21)22)8-13-9-14-11-17(25-19(14)18(10-13)24-3)15-6-4-5-7-16(15)23-2/h4-7,9-12H,8H2,1-3H3,(H,21,22). The van der Waals surface area contributed by atoms with E-state index in [0.717, 1.165) is 22.3 Å². The Kier molecular flexibility index (Phi) is 4.65. The Hall–Kier alpha value is -2.95. The first kappa shape index (κ1) is 16.9. The summed E-state index contributed by atoms with van der Waals surface area (Å²) in [6.07, 6.45) is 0.427. The second kappa shape index (κ2) is 6.89. The Morgan fingerprint density at radius 3 is 2.52 bits per heavy atom. The fourth-order valence-electron chi connectivity index (χ4n) is 2.87. The van der Waals surface area contributed by atoms with E-state index in [1.165, 1.54) is 0 Å². The maximum Gasteiger partial charge on any atom is 0.306 e. The molecule has 1 unspecified atom stereocenters. The van der Waals surface area contributed by atoms with Crippen LogP contribution >= 0.6 is 0 Å². The molecule has 3 aromatic rings. The monoisotopic (exact) mass is 340 g/mol. The van der Waals surface area contributed by atoms with Gasteiger partial charge in [-0.1, -0.05) is 19.1 Å². The number of ether oxygens (including phenoxy) is 2. The van der Waals surface area contributed by atoms with E-state index >= 15 is 0 Å². The van der Waals surface area contributed by atoms with Crippen molar-refractivity contribution in [2.75, 3.05) is 14.2 Å². The average Bonchev–Trinajstić information content (AvgIpc) is 3.04. The highest BCUT2D eigenvalue weighted by Crippen LogP contribution is 2.38. The van der Waals surface area contributed by atoms with Crippen LogP contribution in [0.3, 0.4) is 0 Å². The van der Waals surface area contributed by atoms with Crippen LogP contribution in [0.15, 0.2) is 46.9 Å². The van der Waals surface area contributed by atoms with Crippen LogP contribution in [0.4, 0.5) is 0 Å². The van der Waals surface area contributed by atoms with Crippen LogP contribution in [0.5, 0.6) is 11.5 Å². The van der Waals surface area contributed by atoms with Gasteiger partial charge in [0.2, 0.25) is 0 Å². The summed E-state index contributed by atoms with van der Waals surface area (Å²) in [7, 11) is 3.19. The van der Waals surface area contributed by atoms with Crippen LogP contribution in [0.1, 0.15) is 12.5 Å². The van der Waals surface area contributed by atoms with E-state index in [2.05, 4.69) is 0 Å². The third kappa shape index (κ3) is 3.31. The van der Waals surface area contributed by atoms with Crippen molar-refractivity contribution in [3.05, 3.63) is 48.0 Å². The van der Waals surface area contributed by atoms with Crippen LogP contribution in [0.2, 0.25) is 0 Å². The summed E-state index contributed by atoms with van der Waals surface area (Å²) in [5.41, 5.74) is 2.38. The first-order chi connectivity index (χ1) is 12.0. The van der Waals surface area contributed by atoms with E-state index in [0.29, 0.717) is 23.5 Å². The first-order valence-corrected chi connectivity index (χ1v) is 8.00. The van der Waals surface area contributed by atoms with Gasteiger partial charge in [-0.05, 0) is 42.3 Å². The molecule has 0 saturated heterocycles. The molecule has 0 aliphatic heterocycles. The number of hydrogen-bond acceptors (Lipinski definition) is 4. The molecule has 3 rings (SSSR count). The number of carbonyl (C=O) groups is 1. The van der Waals surface area contributed by atoms with Gasteiger partial charge in [-0.3, -0.25) is 4.79 Å². The highest BCUT2D eigenvalue weighted by atomic mass is 16.5. The molecular weight excluding hydrogens is 320 g/mol. The summed E-state index contributed by atoms with van der Waals surface area (Å²) in [4.78, 5) is 11.1. The number of hydrogen-bond donors (Lipinski definition) is 1. The van der Waals surface area contributed by atoms with E-state index in [9.17, 15) is 4.79 Å². The number of benzene rings is 2. The molecule has 1 atom stereocenters. The molecule has 0 aliphatic carbocycles. The zero-order valence-electron chi connectivity index (χ0n) is 14.4. The molecule has 1 N–H and O–H groups in total. The molecule has 2 aromatic carbocycles. The van der Waals surface area contributed by atoms with Crippen molar-refractivity contribution in [1.82, 2.24) is 0 Å². The number of para-hydroxylation sites is 1. The van der Waals surface area contributed by atoms with Gasteiger partial charge in [0.25, 0.3) is 0 Å². The molecule has 130 valence electrons. The fourth-order valence-corrected chi connectivity index (χ4v) is 2.87. The Labute approximate surface area is 145 Å². The molecule has 1 heterocycles. The maximum absolute atomic E-state index is 11.1. The van der Waals surface area contributed by atoms with Gasteiger partial charge in [0.05, 0.1) is 25.7 Å². The Morgan fingerprint density at radius 2 is 1.84 bits per heavy atom. The van der Waals surface area contributed by atoms with Gasteiger partial charge >= 0.3 is 5.97 Å². The van der Waals surface area contributed by atoms with E-state index < -0.39 is 11.9 Å². The molecule has 0 saturated carbocycles. The van der Waals surface area contributed by atoms with Gasteiger partial charge in [-0.15, -0.1) is 0 Å². The third-order valence-corrected chi connectivity index (χ3v) is 4.20. The van der Waals surface area contributed by atoms with Gasteiger partial charge in [0, 0.05) is 5.39 Å². The number of carboxylic acid groups (broad SMARTS) is 1. The fraction of sp³-hybridized carbons (Fsp3) is 0.250. The predicted molar refractivity (Wildman–Crippen MR) is 95.3 cm³/mol. The summed E-state index contributed by atoms with van der Waals surface area (Å²) < 4.78 is 16.8. The van der Waals surface area contributed by atoms with Gasteiger partial charge in [0.15, 0.2) is 11.3 Å². The van der Waals surface area contributed by atoms with Crippen molar-refractivity contribution < 1.29 is 23.8 Å². The normalized spacial score (nSPS) is 12.1. The molecule has 0 spiro atoms. The van der Waals surface area contributed by atoms with Crippen LogP contribution < -0.4 is 9.47 Å². The minimum absolute atomic E-state index is 0.427. The lowest BCUT2D eigenvalue weighted by molar-refractivity contribution is -0.141. The molecule has 25 heavy (non-hydrogen) atoms. The van der Waals surface area contributed by atoms with E-state index in [1.54, 1.807) is 21.1 Å². The quantitative estimate of drug-likeness (QED) is 0.721. The molecular formula is C20H20O5. The third-order valence-electron chi connectivity index (χ3n) is 4.20. The zero-order chi connectivity index (χ0) is 18.0. The van der Waals surface area contributed by atoms with E-state index in [4.69, 9.17) is 19.0 Å². The Morgan fingerprint density at radius 1 is 1.12 bits per heavy atom. The lowest BCUT2D eigenvalue weighted by atomic mass is 10.00. The van der Waals surface area contributed by atoms with E-state index in [1.807, 2.05) is 42.5 Å². The SMILES string of the molecule is COc1ccccc1-c1cc2cc(CC(C)C(=O)O)cc(OC)c2o1. The predicted octanol–water partition coefficient (Wildman–Crippen LogP) is 4.38. The average molecular weight is 340 g/mol. The minimum atomic E-state index is -0.819. The maximum atomic E-state index is 11.1. The largest absolute Gasteiger partial charge is 0.496 e. The number of furan rings is 1. The molecule has 5 nitrogen and oxygen atoms in total. The van der Waals surface area contributed by atoms with Gasteiger partial charge in [-0.2, -0.15) is 0 Å². The summed E-state index contributed by atoms with van der Waals surface area (Å²) in [6, 6.07) is 13.3. The second-order valence-electron chi connectivity index (χ2n) is 5.97. The molecule has 1 aromatic heterocycles. The van der Waals surface area contributed by atoms with Gasteiger partial charge < -0.3 is 19.0 Å². The Bertz CT molecular complexity index is 910. The molecule has 5 heteroatoms. The van der Waals surface area contributed by atoms with Gasteiger partial charge in [-0.25, -0.2) is 0 Å². The van der Waals surface area contributed by atoms with Crippen molar-refractivity contribution in [2.45, 2.75) is 13.3 Å². The second-order valence-corrected chi connectivity index (χ2v) is 5.97. The summed E-state index contributed by atoms with van der Waals surface area (Å²) >= 11 is 0. The topological polar surface area (TPSA) is 68.9 Å². The van der Waals surface area contributed by atoms with Crippen LogP contribution in [-0.2, 0) is 11.2 Å². The first-order valence-electron chi connectivity index (χ1n) is 8.00. The van der Waals surface area contributed by atoms with Crippen molar-refractivity contribution in [2.24, 2.45) is 5.92 Å². The van der Waals surface area contributed by atoms with E-state index in [-0.39, 0.29) is 0 Å². The number of carboxylic acids is 1. The molecule has 0 radical (unpaired) electrons. The minimum Gasteiger partial charge on any atom is -0.496 e. The summed E-state index contributed by atoms with van der Waals surface area (Å²) in [5.74, 6) is 0.698. The van der Waals surface area contributed by atoms with Gasteiger partial charge in [0.1, 0.15) is 11.5 Å². The highest BCUT2D eigenvalue weighted by molar-refractivity contribution is 5.89. The number of aliphatic carboxylic acids is 1. The molecule has 0 bridgehead atoms. The Balaban J connectivity index is 2.09. The molecule has 0 amide bonds. The number of methoxy groups -OCH3 is 2. The van der Waals surface area contributed by atoms with Crippen molar-refractivity contribution in [3.8, 4) is 22.8 Å². The van der Waals surface area contributed by atoms with Crippen molar-refractivity contribution >= 4 is 16.9 Å². The highest BCUT2D eigenvalue weighted by Gasteiger charge is 2.17. The summed E-state index contributed by atoms with van der Waals surface area (Å²) in [5, 5.41) is 10.00. The number of rotatable bonds is 6.